The van der Waals surface area contributed by atoms with Gasteiger partial charge in [-0.25, -0.2) is 0 Å². The maximum Gasteiger partial charge on any atom is 0.0294 e. The highest BCUT2D eigenvalue weighted by Crippen LogP contribution is 2.16. The van der Waals surface area contributed by atoms with E-state index in [1.54, 1.807) is 0 Å². The number of benzene rings is 1. The molecule has 1 aromatic carbocycles. The van der Waals surface area contributed by atoms with Crippen molar-refractivity contribution in [1.82, 2.24) is 5.32 Å². The van der Waals surface area contributed by atoms with Crippen molar-refractivity contribution in [3.63, 3.8) is 0 Å². The van der Waals surface area contributed by atoms with Gasteiger partial charge in [-0.1, -0.05) is 30.3 Å². The first-order chi connectivity index (χ1) is 7.75. The third-order valence-corrected chi connectivity index (χ3v) is 4.56. The van der Waals surface area contributed by atoms with Crippen LogP contribution in [0.15, 0.2) is 30.3 Å². The Labute approximate surface area is 99.9 Å². The molecule has 88 valence electrons. The Balaban J connectivity index is 1.88. The van der Waals surface area contributed by atoms with Gasteiger partial charge in [0.2, 0.25) is 0 Å². The molecule has 1 atom stereocenters. The second kappa shape index (κ2) is 5.60. The second-order valence-corrected chi connectivity index (χ2v) is 6.12. The van der Waals surface area contributed by atoms with Crippen LogP contribution in [0.1, 0.15) is 31.4 Å². The number of rotatable bonds is 3. The highest BCUT2D eigenvalue weighted by Gasteiger charge is 2.19. The van der Waals surface area contributed by atoms with Crippen LogP contribution in [-0.4, -0.2) is 21.8 Å². The summed E-state index contributed by atoms with van der Waals surface area (Å²) < 4.78 is 11.2. The molecule has 2 nitrogen and oxygen atoms in total. The Kier molecular flexibility index (Phi) is 4.13. The Bertz CT molecular complexity index is 342. The molecule has 1 N–H and O–H groups in total. The summed E-state index contributed by atoms with van der Waals surface area (Å²) in [6.07, 6.45) is 2.09. The second-order valence-electron chi connectivity index (χ2n) is 4.42. The van der Waals surface area contributed by atoms with Gasteiger partial charge < -0.3 is 5.32 Å². The highest BCUT2D eigenvalue weighted by molar-refractivity contribution is 7.85. The number of hydrogen-bond donors (Lipinski definition) is 1. The van der Waals surface area contributed by atoms with Crippen LogP contribution >= 0.6 is 0 Å². The van der Waals surface area contributed by atoms with Crippen LogP contribution in [-0.2, 0) is 10.8 Å². The average molecular weight is 237 g/mol. The van der Waals surface area contributed by atoms with Gasteiger partial charge >= 0.3 is 0 Å². The monoisotopic (exact) mass is 237 g/mol. The molecule has 1 fully saturated rings. The molecule has 3 heteroatoms. The van der Waals surface area contributed by atoms with Crippen molar-refractivity contribution in [3.05, 3.63) is 35.9 Å². The van der Waals surface area contributed by atoms with Crippen LogP contribution in [0.25, 0.3) is 0 Å². The van der Waals surface area contributed by atoms with Crippen molar-refractivity contribution in [2.24, 2.45) is 0 Å². The number of nitrogens with one attached hydrogen (secondary N) is 1. The Morgan fingerprint density at radius 3 is 2.50 bits per heavy atom. The van der Waals surface area contributed by atoms with E-state index in [0.29, 0.717) is 12.1 Å². The molecule has 0 bridgehead atoms. The van der Waals surface area contributed by atoms with Gasteiger partial charge in [-0.2, -0.15) is 0 Å². The van der Waals surface area contributed by atoms with Gasteiger partial charge in [0.25, 0.3) is 0 Å². The maximum atomic E-state index is 11.2. The van der Waals surface area contributed by atoms with Crippen molar-refractivity contribution >= 4 is 10.8 Å². The first-order valence-electron chi connectivity index (χ1n) is 5.91. The zero-order valence-electron chi connectivity index (χ0n) is 9.69. The van der Waals surface area contributed by atoms with Crippen LogP contribution in [0.5, 0.6) is 0 Å². The lowest BCUT2D eigenvalue weighted by molar-refractivity contribution is 0.427. The molecule has 1 aliphatic heterocycles. The summed E-state index contributed by atoms with van der Waals surface area (Å²) in [5, 5.41) is 3.62. The molecule has 1 aliphatic rings. The lowest BCUT2D eigenvalue weighted by Crippen LogP contribution is -2.37. The Morgan fingerprint density at radius 1 is 1.25 bits per heavy atom. The summed E-state index contributed by atoms with van der Waals surface area (Å²) in [7, 11) is -0.560. The molecule has 0 aliphatic carbocycles. The molecular formula is C13H19NOS. The summed E-state index contributed by atoms with van der Waals surface area (Å²) in [6.45, 7) is 2.20. The van der Waals surface area contributed by atoms with Crippen molar-refractivity contribution in [1.29, 1.82) is 0 Å². The van der Waals surface area contributed by atoms with Crippen LogP contribution in [0.3, 0.4) is 0 Å². The minimum atomic E-state index is -0.560. The van der Waals surface area contributed by atoms with Crippen molar-refractivity contribution in [3.8, 4) is 0 Å². The average Bonchev–Trinajstić information content (AvgIpc) is 2.33. The fraction of sp³-hybridized carbons (Fsp3) is 0.538. The number of hydrogen-bond acceptors (Lipinski definition) is 2. The summed E-state index contributed by atoms with van der Waals surface area (Å²) in [5.74, 6) is 1.72. The minimum absolute atomic E-state index is 0.387. The summed E-state index contributed by atoms with van der Waals surface area (Å²) in [4.78, 5) is 0. The van der Waals surface area contributed by atoms with Gasteiger partial charge in [0.15, 0.2) is 0 Å². The van der Waals surface area contributed by atoms with Gasteiger partial charge in [-0.05, 0) is 25.3 Å². The van der Waals surface area contributed by atoms with Gasteiger partial charge in [0, 0.05) is 34.4 Å². The van der Waals surface area contributed by atoms with E-state index in [1.165, 1.54) is 5.56 Å². The van der Waals surface area contributed by atoms with E-state index >= 15 is 0 Å². The molecule has 0 spiro atoms. The van der Waals surface area contributed by atoms with E-state index in [2.05, 4.69) is 36.5 Å². The van der Waals surface area contributed by atoms with Crippen LogP contribution in [0.4, 0.5) is 0 Å². The highest BCUT2D eigenvalue weighted by atomic mass is 32.2. The molecule has 0 saturated carbocycles. The Hall–Kier alpha value is -0.670. The molecule has 0 radical (unpaired) electrons. The van der Waals surface area contributed by atoms with Crippen molar-refractivity contribution in [2.75, 3.05) is 11.5 Å². The predicted molar refractivity (Wildman–Crippen MR) is 68.9 cm³/mol. The van der Waals surface area contributed by atoms with E-state index in [1.807, 2.05) is 6.07 Å². The van der Waals surface area contributed by atoms with E-state index in [4.69, 9.17) is 0 Å². The summed E-state index contributed by atoms with van der Waals surface area (Å²) in [6, 6.07) is 11.4. The third-order valence-electron chi connectivity index (χ3n) is 3.17. The third kappa shape index (κ3) is 3.16. The van der Waals surface area contributed by atoms with Gasteiger partial charge in [-0.15, -0.1) is 0 Å². The zero-order valence-corrected chi connectivity index (χ0v) is 10.5. The molecule has 0 amide bonds. The molecule has 0 aromatic heterocycles. The van der Waals surface area contributed by atoms with Crippen LogP contribution in [0.2, 0.25) is 0 Å². The molecule has 1 saturated heterocycles. The Morgan fingerprint density at radius 2 is 1.88 bits per heavy atom. The normalized spacial score (nSPS) is 27.6. The van der Waals surface area contributed by atoms with Gasteiger partial charge in [-0.3, -0.25) is 4.21 Å². The summed E-state index contributed by atoms with van der Waals surface area (Å²) >= 11 is 0. The fourth-order valence-electron chi connectivity index (χ4n) is 2.15. The molecule has 2 rings (SSSR count). The van der Waals surface area contributed by atoms with Crippen molar-refractivity contribution in [2.45, 2.75) is 31.8 Å². The van der Waals surface area contributed by atoms with Crippen LogP contribution in [0, 0.1) is 0 Å². The van der Waals surface area contributed by atoms with Crippen LogP contribution < -0.4 is 5.32 Å². The SMILES string of the molecule is C[C@@H](NC1CCS(=O)CC1)c1ccccc1. The minimum Gasteiger partial charge on any atom is -0.307 e. The van der Waals surface area contributed by atoms with Gasteiger partial charge in [0.05, 0.1) is 0 Å². The predicted octanol–water partition coefficient (Wildman–Crippen LogP) is 2.25. The first kappa shape index (κ1) is 11.8. The fourth-order valence-corrected chi connectivity index (χ4v) is 3.45. The molecular weight excluding hydrogens is 218 g/mol. The largest absolute Gasteiger partial charge is 0.307 e. The standard InChI is InChI=1S/C13H19NOS/c1-11(12-5-3-2-4-6-12)14-13-7-9-16(15)10-8-13/h2-6,11,13-14H,7-10H2,1H3/t11-,13?,16?/m1/s1. The quantitative estimate of drug-likeness (QED) is 0.873. The topological polar surface area (TPSA) is 29.1 Å². The van der Waals surface area contributed by atoms with Crippen molar-refractivity contribution < 1.29 is 4.21 Å². The van der Waals surface area contributed by atoms with E-state index < -0.39 is 10.8 Å². The first-order valence-corrected chi connectivity index (χ1v) is 7.40. The molecule has 1 heterocycles. The van der Waals surface area contributed by atoms with E-state index in [-0.39, 0.29) is 0 Å². The molecule has 0 unspecified atom stereocenters. The smallest absolute Gasteiger partial charge is 0.0294 e. The summed E-state index contributed by atoms with van der Waals surface area (Å²) in [5.41, 5.74) is 1.33. The van der Waals surface area contributed by atoms with E-state index in [0.717, 1.165) is 24.3 Å². The lowest BCUT2D eigenvalue weighted by Gasteiger charge is -2.26. The zero-order chi connectivity index (χ0) is 11.4. The van der Waals surface area contributed by atoms with Gasteiger partial charge in [0.1, 0.15) is 0 Å². The molecule has 1 aromatic rings. The maximum absolute atomic E-state index is 11.2. The molecule has 16 heavy (non-hydrogen) atoms. The lowest BCUT2D eigenvalue weighted by atomic mass is 10.1. The van der Waals surface area contributed by atoms with E-state index in [9.17, 15) is 4.21 Å².